The second-order valence-electron chi connectivity index (χ2n) is 5.78. The van der Waals surface area contributed by atoms with E-state index in [1.54, 1.807) is 12.1 Å². The number of hydrogen-bond donors (Lipinski definition) is 1. The van der Waals surface area contributed by atoms with Crippen LogP contribution in [0.15, 0.2) is 78.9 Å². The summed E-state index contributed by atoms with van der Waals surface area (Å²) in [5, 5.41) is 8.70. The molecule has 0 atom stereocenters. The molecule has 3 aromatic carbocycles. The number of ketones is 2. The third-order valence-corrected chi connectivity index (χ3v) is 3.99. The van der Waals surface area contributed by atoms with Crippen molar-refractivity contribution in [1.82, 2.24) is 0 Å². The molecule has 0 amide bonds. The average Bonchev–Trinajstić information content (AvgIpc) is 2.72. The minimum Gasteiger partial charge on any atom is -0.485 e. The first-order valence-corrected chi connectivity index (χ1v) is 8.24. The first kappa shape index (κ1) is 18.1. The molecule has 0 aliphatic carbocycles. The Hall–Kier alpha value is -3.73. The fourth-order valence-corrected chi connectivity index (χ4v) is 2.65. The van der Waals surface area contributed by atoms with E-state index in [0.717, 1.165) is 11.1 Å². The Morgan fingerprint density at radius 2 is 1.41 bits per heavy atom. The van der Waals surface area contributed by atoms with Crippen molar-refractivity contribution in [3.8, 4) is 16.9 Å². The normalized spacial score (nSPS) is 10.2. The molecule has 0 bridgehead atoms. The molecule has 3 aromatic rings. The molecule has 0 fully saturated rings. The highest BCUT2D eigenvalue weighted by Gasteiger charge is 2.15. The van der Waals surface area contributed by atoms with Crippen molar-refractivity contribution < 1.29 is 24.2 Å². The summed E-state index contributed by atoms with van der Waals surface area (Å²) in [6.45, 7) is -0.171. The van der Waals surface area contributed by atoms with E-state index in [1.807, 2.05) is 42.5 Å². The van der Waals surface area contributed by atoms with Gasteiger partial charge in [-0.2, -0.15) is 0 Å². The van der Waals surface area contributed by atoms with Gasteiger partial charge in [-0.25, -0.2) is 4.79 Å². The number of aliphatic carboxylic acids is 1. The highest BCUT2D eigenvalue weighted by atomic mass is 16.5. The maximum Gasteiger partial charge on any atom is 0.377 e. The summed E-state index contributed by atoms with van der Waals surface area (Å²) >= 11 is 0. The molecular weight excluding hydrogens is 344 g/mol. The first-order valence-electron chi connectivity index (χ1n) is 8.24. The van der Waals surface area contributed by atoms with Gasteiger partial charge < -0.3 is 9.84 Å². The van der Waals surface area contributed by atoms with Gasteiger partial charge in [0.2, 0.25) is 5.78 Å². The molecule has 0 heterocycles. The van der Waals surface area contributed by atoms with E-state index in [9.17, 15) is 14.4 Å². The molecule has 0 aliphatic rings. The topological polar surface area (TPSA) is 80.7 Å². The van der Waals surface area contributed by atoms with E-state index in [-0.39, 0.29) is 18.0 Å². The first-order chi connectivity index (χ1) is 13.1. The van der Waals surface area contributed by atoms with Gasteiger partial charge in [0.25, 0.3) is 5.78 Å². The molecular formula is C22H16O5. The number of ether oxygens (including phenoxy) is 1. The van der Waals surface area contributed by atoms with Crippen molar-refractivity contribution in [2.24, 2.45) is 0 Å². The van der Waals surface area contributed by atoms with Crippen LogP contribution in [0.25, 0.3) is 11.1 Å². The maximum absolute atomic E-state index is 12.6. The lowest BCUT2D eigenvalue weighted by Gasteiger charge is -2.10. The largest absolute Gasteiger partial charge is 0.485 e. The predicted octanol–water partition coefficient (Wildman–Crippen LogP) is 3.88. The zero-order valence-electron chi connectivity index (χ0n) is 14.3. The molecule has 27 heavy (non-hydrogen) atoms. The Balaban J connectivity index is 1.72. The number of carboxylic acid groups (broad SMARTS) is 1. The molecule has 0 unspecified atom stereocenters. The van der Waals surface area contributed by atoms with Crippen LogP contribution >= 0.6 is 0 Å². The number of carbonyl (C=O) groups is 3. The molecule has 5 nitrogen and oxygen atoms in total. The number of hydrogen-bond acceptors (Lipinski definition) is 4. The summed E-state index contributed by atoms with van der Waals surface area (Å²) in [4.78, 5) is 34.7. The van der Waals surface area contributed by atoms with Gasteiger partial charge in [-0.1, -0.05) is 54.6 Å². The number of Topliss-reactive ketones (excluding diaryl/α,β-unsaturated/α-hetero) is 2. The van der Waals surface area contributed by atoms with Crippen molar-refractivity contribution in [3.05, 3.63) is 90.0 Å². The smallest absolute Gasteiger partial charge is 0.377 e. The lowest BCUT2D eigenvalue weighted by molar-refractivity contribution is -0.131. The molecule has 0 saturated heterocycles. The van der Waals surface area contributed by atoms with Gasteiger partial charge in [0.1, 0.15) is 5.75 Å². The van der Waals surface area contributed by atoms with Crippen molar-refractivity contribution in [2.45, 2.75) is 0 Å². The van der Waals surface area contributed by atoms with Gasteiger partial charge in [-0.15, -0.1) is 0 Å². The van der Waals surface area contributed by atoms with Crippen LogP contribution in [0.4, 0.5) is 0 Å². The van der Waals surface area contributed by atoms with Crippen molar-refractivity contribution in [1.29, 1.82) is 0 Å². The fourth-order valence-electron chi connectivity index (χ4n) is 2.65. The SMILES string of the molecule is O=C(O)C(=O)c1ccc(OCC(=O)c2ccccc2-c2ccccc2)cc1. The molecule has 0 aliphatic heterocycles. The van der Waals surface area contributed by atoms with Crippen molar-refractivity contribution >= 4 is 17.5 Å². The number of carboxylic acids is 1. The second-order valence-corrected chi connectivity index (χ2v) is 5.78. The third kappa shape index (κ3) is 4.27. The molecule has 5 heteroatoms. The molecule has 0 aromatic heterocycles. The summed E-state index contributed by atoms with van der Waals surface area (Å²) in [5.41, 5.74) is 2.38. The molecule has 1 N–H and O–H groups in total. The highest BCUT2D eigenvalue weighted by Crippen LogP contribution is 2.24. The monoisotopic (exact) mass is 360 g/mol. The van der Waals surface area contributed by atoms with Gasteiger partial charge in [0.15, 0.2) is 6.61 Å². The minimum absolute atomic E-state index is 0.0515. The average molecular weight is 360 g/mol. The Morgan fingerprint density at radius 1 is 0.778 bits per heavy atom. The molecule has 0 spiro atoms. The van der Waals surface area contributed by atoms with Gasteiger partial charge in [0, 0.05) is 11.1 Å². The maximum atomic E-state index is 12.6. The zero-order chi connectivity index (χ0) is 19.2. The van der Waals surface area contributed by atoms with E-state index < -0.39 is 11.8 Å². The Labute approximate surface area is 155 Å². The summed E-state index contributed by atoms with van der Waals surface area (Å²) in [6, 6.07) is 22.6. The standard InChI is InChI=1S/C22H16O5/c23-20(14-27-17-12-10-16(11-13-17)21(24)22(25)26)19-9-5-4-8-18(19)15-6-2-1-3-7-15/h1-13H,14H2,(H,25,26). The van der Waals surface area contributed by atoms with Crippen molar-refractivity contribution in [3.63, 3.8) is 0 Å². The summed E-state index contributed by atoms with van der Waals surface area (Å²) in [6.07, 6.45) is 0. The van der Waals surface area contributed by atoms with Crippen LogP contribution in [-0.4, -0.2) is 29.2 Å². The van der Waals surface area contributed by atoms with Crippen LogP contribution in [-0.2, 0) is 4.79 Å². The fraction of sp³-hybridized carbons (Fsp3) is 0.0455. The van der Waals surface area contributed by atoms with E-state index in [1.165, 1.54) is 24.3 Å². The zero-order valence-corrected chi connectivity index (χ0v) is 14.3. The Kier molecular flexibility index (Phi) is 5.42. The van der Waals surface area contributed by atoms with Crippen LogP contribution in [0.5, 0.6) is 5.75 Å². The quantitative estimate of drug-likeness (QED) is 0.511. The van der Waals surface area contributed by atoms with E-state index in [2.05, 4.69) is 0 Å². The summed E-state index contributed by atoms with van der Waals surface area (Å²) in [5.74, 6) is -2.31. The van der Waals surface area contributed by atoms with E-state index >= 15 is 0 Å². The van der Waals surface area contributed by atoms with E-state index in [0.29, 0.717) is 11.3 Å². The Morgan fingerprint density at radius 3 is 2.07 bits per heavy atom. The summed E-state index contributed by atoms with van der Waals surface area (Å²) in [7, 11) is 0. The van der Waals surface area contributed by atoms with Crippen LogP contribution in [0.3, 0.4) is 0 Å². The van der Waals surface area contributed by atoms with Gasteiger partial charge in [-0.3, -0.25) is 9.59 Å². The number of benzene rings is 3. The van der Waals surface area contributed by atoms with Crippen LogP contribution < -0.4 is 4.74 Å². The number of rotatable bonds is 7. The highest BCUT2D eigenvalue weighted by molar-refractivity contribution is 6.39. The van der Waals surface area contributed by atoms with Gasteiger partial charge >= 0.3 is 5.97 Å². The van der Waals surface area contributed by atoms with Crippen LogP contribution in [0.2, 0.25) is 0 Å². The lowest BCUT2D eigenvalue weighted by atomic mass is 9.97. The second kappa shape index (κ2) is 8.10. The summed E-state index contributed by atoms with van der Waals surface area (Å²) < 4.78 is 5.50. The molecule has 0 radical (unpaired) electrons. The predicted molar refractivity (Wildman–Crippen MR) is 100 cm³/mol. The Bertz CT molecular complexity index is 975. The van der Waals surface area contributed by atoms with Gasteiger partial charge in [0.05, 0.1) is 0 Å². The molecule has 0 saturated carbocycles. The third-order valence-electron chi connectivity index (χ3n) is 3.99. The van der Waals surface area contributed by atoms with Gasteiger partial charge in [-0.05, 0) is 35.4 Å². The minimum atomic E-state index is -1.52. The lowest BCUT2D eigenvalue weighted by Crippen LogP contribution is -2.14. The van der Waals surface area contributed by atoms with Crippen LogP contribution in [0.1, 0.15) is 20.7 Å². The van der Waals surface area contributed by atoms with E-state index in [4.69, 9.17) is 9.84 Å². The van der Waals surface area contributed by atoms with Crippen molar-refractivity contribution in [2.75, 3.05) is 6.61 Å². The van der Waals surface area contributed by atoms with Crippen LogP contribution in [0, 0.1) is 0 Å². The molecule has 134 valence electrons. The molecule has 3 rings (SSSR count). The number of carbonyl (C=O) groups excluding carboxylic acids is 2.